The van der Waals surface area contributed by atoms with Crippen LogP contribution < -0.4 is 4.74 Å². The molecule has 0 aliphatic carbocycles. The van der Waals surface area contributed by atoms with E-state index in [1.807, 2.05) is 0 Å². The van der Waals surface area contributed by atoms with Crippen molar-refractivity contribution in [2.24, 2.45) is 0 Å². The fourth-order valence-corrected chi connectivity index (χ4v) is 2.71. The predicted octanol–water partition coefficient (Wildman–Crippen LogP) is 3.58. The summed E-state index contributed by atoms with van der Waals surface area (Å²) in [7, 11) is 1.35. The average Bonchev–Trinajstić information content (AvgIpc) is 2.71. The van der Waals surface area contributed by atoms with E-state index in [4.69, 9.17) is 9.47 Å². The highest BCUT2D eigenvalue weighted by atomic mass is 19.1. The molecule has 0 saturated heterocycles. The van der Waals surface area contributed by atoms with Crippen molar-refractivity contribution in [1.29, 1.82) is 0 Å². The fraction of sp³-hybridized carbons (Fsp3) is 0.300. The molecule has 0 heterocycles. The molecule has 29 heavy (non-hydrogen) atoms. The number of non-ortho nitro benzene ring substituents is 1. The molecule has 2 rings (SSSR count). The second-order valence-corrected chi connectivity index (χ2v) is 6.03. The minimum absolute atomic E-state index is 0.0295. The van der Waals surface area contributed by atoms with Crippen molar-refractivity contribution in [1.82, 2.24) is 4.90 Å². The highest BCUT2D eigenvalue weighted by Crippen LogP contribution is 2.22. The van der Waals surface area contributed by atoms with Gasteiger partial charge in [0.05, 0.1) is 24.2 Å². The van der Waals surface area contributed by atoms with Crippen molar-refractivity contribution in [2.45, 2.75) is 20.4 Å². The number of nitro benzene ring substituents is 1. The Morgan fingerprint density at radius 2 is 1.83 bits per heavy atom. The molecule has 0 spiro atoms. The van der Waals surface area contributed by atoms with Gasteiger partial charge in [0.2, 0.25) is 0 Å². The molecule has 0 aromatic heterocycles. The SMILES string of the molecule is CCOC(=O)c1cc(C(=O)N(CC)Cc2ccc(OC)c(F)c2)cc([N+](=O)[O-])c1. The number of nitrogens with zero attached hydrogens (tertiary/aromatic N) is 2. The molecule has 0 saturated carbocycles. The predicted molar refractivity (Wildman–Crippen MR) is 102 cm³/mol. The van der Waals surface area contributed by atoms with Crippen molar-refractivity contribution < 1.29 is 28.4 Å². The largest absolute Gasteiger partial charge is 0.494 e. The number of nitro groups is 1. The molecule has 2 aromatic carbocycles. The molecule has 1 amide bonds. The van der Waals surface area contributed by atoms with Gasteiger partial charge in [-0.05, 0) is 37.6 Å². The van der Waals surface area contributed by atoms with Gasteiger partial charge < -0.3 is 14.4 Å². The first-order chi connectivity index (χ1) is 13.8. The summed E-state index contributed by atoms with van der Waals surface area (Å²) in [6, 6.07) is 7.74. The third-order valence-electron chi connectivity index (χ3n) is 4.15. The van der Waals surface area contributed by atoms with Gasteiger partial charge in [0.1, 0.15) is 0 Å². The lowest BCUT2D eigenvalue weighted by atomic mass is 10.1. The molecule has 0 unspecified atom stereocenters. The van der Waals surface area contributed by atoms with E-state index in [0.717, 1.165) is 12.1 Å². The molecule has 8 nitrogen and oxygen atoms in total. The Labute approximate surface area is 167 Å². The summed E-state index contributed by atoms with van der Waals surface area (Å²) in [5.74, 6) is -1.77. The van der Waals surface area contributed by atoms with Crippen molar-refractivity contribution in [2.75, 3.05) is 20.3 Å². The second-order valence-electron chi connectivity index (χ2n) is 6.03. The van der Waals surface area contributed by atoms with E-state index in [0.29, 0.717) is 5.56 Å². The summed E-state index contributed by atoms with van der Waals surface area (Å²) < 4.78 is 23.7. The van der Waals surface area contributed by atoms with Crippen LogP contribution in [0.2, 0.25) is 0 Å². The van der Waals surface area contributed by atoms with Gasteiger partial charge in [-0.2, -0.15) is 0 Å². The third-order valence-corrected chi connectivity index (χ3v) is 4.15. The number of benzene rings is 2. The molecule has 0 atom stereocenters. The van der Waals surface area contributed by atoms with Gasteiger partial charge in [-0.15, -0.1) is 0 Å². The Bertz CT molecular complexity index is 931. The standard InChI is InChI=1S/C20H21FN2O6/c1-4-22(12-13-6-7-18(28-3)17(21)8-13)19(24)14-9-15(20(25)29-5-2)11-16(10-14)23(26)27/h6-11H,4-5,12H2,1-3H3. The highest BCUT2D eigenvalue weighted by molar-refractivity contribution is 5.99. The first-order valence-electron chi connectivity index (χ1n) is 8.89. The van der Waals surface area contributed by atoms with Crippen LogP contribution in [-0.2, 0) is 11.3 Å². The summed E-state index contributed by atoms with van der Waals surface area (Å²) in [5.41, 5.74) is 0.00836. The molecule has 2 aromatic rings. The number of amides is 1. The maximum atomic E-state index is 13.9. The van der Waals surface area contributed by atoms with Gasteiger partial charge in [-0.1, -0.05) is 6.07 Å². The van der Waals surface area contributed by atoms with Crippen LogP contribution in [0.4, 0.5) is 10.1 Å². The maximum absolute atomic E-state index is 13.9. The lowest BCUT2D eigenvalue weighted by Gasteiger charge is -2.21. The molecule has 0 aliphatic rings. The van der Waals surface area contributed by atoms with Gasteiger partial charge >= 0.3 is 5.97 Å². The molecule has 0 radical (unpaired) electrons. The normalized spacial score (nSPS) is 10.3. The number of hydrogen-bond acceptors (Lipinski definition) is 6. The maximum Gasteiger partial charge on any atom is 0.338 e. The summed E-state index contributed by atoms with van der Waals surface area (Å²) >= 11 is 0. The smallest absolute Gasteiger partial charge is 0.338 e. The Kier molecular flexibility index (Phi) is 7.24. The number of hydrogen-bond donors (Lipinski definition) is 0. The van der Waals surface area contributed by atoms with Crippen LogP contribution in [0.3, 0.4) is 0 Å². The van der Waals surface area contributed by atoms with E-state index in [2.05, 4.69) is 0 Å². The van der Waals surface area contributed by atoms with Gasteiger partial charge in [-0.25, -0.2) is 9.18 Å². The monoisotopic (exact) mass is 404 g/mol. The molecule has 0 bridgehead atoms. The van der Waals surface area contributed by atoms with E-state index in [-0.39, 0.29) is 36.6 Å². The van der Waals surface area contributed by atoms with Crippen LogP contribution >= 0.6 is 0 Å². The van der Waals surface area contributed by atoms with Gasteiger partial charge in [0.15, 0.2) is 11.6 Å². The van der Waals surface area contributed by atoms with Crippen LogP contribution in [0.5, 0.6) is 5.75 Å². The van der Waals surface area contributed by atoms with E-state index >= 15 is 0 Å². The third kappa shape index (κ3) is 5.28. The number of rotatable bonds is 8. The number of halogens is 1. The molecular formula is C20H21FN2O6. The van der Waals surface area contributed by atoms with Gasteiger partial charge in [-0.3, -0.25) is 14.9 Å². The quantitative estimate of drug-likeness (QED) is 0.379. The zero-order valence-electron chi connectivity index (χ0n) is 16.3. The highest BCUT2D eigenvalue weighted by Gasteiger charge is 2.22. The topological polar surface area (TPSA) is 99.0 Å². The van der Waals surface area contributed by atoms with Crippen LogP contribution in [0.25, 0.3) is 0 Å². The van der Waals surface area contributed by atoms with Crippen LogP contribution in [-0.4, -0.2) is 42.0 Å². The molecule has 0 aliphatic heterocycles. The summed E-state index contributed by atoms with van der Waals surface area (Å²) in [5, 5.41) is 11.2. The zero-order valence-corrected chi connectivity index (χ0v) is 16.3. The Hall–Kier alpha value is -3.49. The van der Waals surface area contributed by atoms with Crippen LogP contribution in [0.1, 0.15) is 40.1 Å². The number of carbonyl (C=O) groups excluding carboxylic acids is 2. The van der Waals surface area contributed by atoms with Crippen molar-refractivity contribution in [3.63, 3.8) is 0 Å². The van der Waals surface area contributed by atoms with E-state index in [9.17, 15) is 24.1 Å². The fourth-order valence-electron chi connectivity index (χ4n) is 2.71. The van der Waals surface area contributed by atoms with Crippen LogP contribution in [0, 0.1) is 15.9 Å². The second kappa shape index (κ2) is 9.63. The summed E-state index contributed by atoms with van der Waals surface area (Å²) in [6.45, 7) is 3.77. The Morgan fingerprint density at radius 3 is 2.38 bits per heavy atom. The molecule has 0 fully saturated rings. The summed E-state index contributed by atoms with van der Waals surface area (Å²) in [4.78, 5) is 36.8. The Morgan fingerprint density at radius 1 is 1.14 bits per heavy atom. The first kappa shape index (κ1) is 21.8. The average molecular weight is 404 g/mol. The number of ether oxygens (including phenoxy) is 2. The zero-order chi connectivity index (χ0) is 21.6. The first-order valence-corrected chi connectivity index (χ1v) is 8.89. The van der Waals surface area contributed by atoms with E-state index in [1.165, 1.54) is 30.2 Å². The minimum atomic E-state index is -0.759. The molecule has 0 N–H and O–H groups in total. The van der Waals surface area contributed by atoms with Gasteiger partial charge in [0.25, 0.3) is 11.6 Å². The number of methoxy groups -OCH3 is 1. The molecule has 9 heteroatoms. The van der Waals surface area contributed by atoms with Crippen molar-refractivity contribution in [3.05, 3.63) is 69.0 Å². The van der Waals surface area contributed by atoms with Crippen LogP contribution in [0.15, 0.2) is 36.4 Å². The van der Waals surface area contributed by atoms with E-state index in [1.54, 1.807) is 19.9 Å². The van der Waals surface area contributed by atoms with E-state index < -0.39 is 28.3 Å². The minimum Gasteiger partial charge on any atom is -0.494 e. The number of carbonyl (C=O) groups is 2. The van der Waals surface area contributed by atoms with Crippen molar-refractivity contribution in [3.8, 4) is 5.75 Å². The van der Waals surface area contributed by atoms with Gasteiger partial charge in [0, 0.05) is 30.8 Å². The lowest BCUT2D eigenvalue weighted by molar-refractivity contribution is -0.384. The Balaban J connectivity index is 2.35. The lowest BCUT2D eigenvalue weighted by Crippen LogP contribution is -2.30. The summed E-state index contributed by atoms with van der Waals surface area (Å²) in [6.07, 6.45) is 0. The number of esters is 1. The molecule has 154 valence electrons. The van der Waals surface area contributed by atoms with Crippen molar-refractivity contribution >= 4 is 17.6 Å². The molecular weight excluding hydrogens is 383 g/mol.